The number of hydrogen-bond donors (Lipinski definition) is 1. The van der Waals surface area contributed by atoms with Crippen molar-refractivity contribution in [1.29, 1.82) is 0 Å². The second-order valence-corrected chi connectivity index (χ2v) is 5.82. The first-order chi connectivity index (χ1) is 12.6. The van der Waals surface area contributed by atoms with Crippen molar-refractivity contribution >= 4 is 5.91 Å². The Morgan fingerprint density at radius 1 is 1.15 bits per heavy atom. The van der Waals surface area contributed by atoms with Crippen molar-refractivity contribution in [1.82, 2.24) is 14.9 Å². The van der Waals surface area contributed by atoms with E-state index < -0.39 is 0 Å². The molecular formula is C20H19N3O3. The number of carbonyl (C=O) groups is 1. The van der Waals surface area contributed by atoms with Crippen LogP contribution in [0.2, 0.25) is 0 Å². The van der Waals surface area contributed by atoms with Gasteiger partial charge < -0.3 is 14.6 Å². The van der Waals surface area contributed by atoms with Crippen molar-refractivity contribution in [2.75, 3.05) is 0 Å². The molecule has 0 spiro atoms. The second kappa shape index (κ2) is 8.11. The number of carbonyl (C=O) groups excluding carboxylic acids is 1. The van der Waals surface area contributed by atoms with Crippen LogP contribution in [0.15, 0.2) is 71.9 Å². The highest BCUT2D eigenvalue weighted by molar-refractivity contribution is 5.92. The molecule has 2 heterocycles. The standard InChI is InChI=1S/C20H19N3O3/c1-23-13-19(26-14-15-6-3-2-4-7-15)18(24)10-17(23)20(25)22-12-16-8-5-9-21-11-16/h2-11,13H,12,14H2,1H3,(H,22,25). The van der Waals surface area contributed by atoms with Gasteiger partial charge in [-0.15, -0.1) is 0 Å². The topological polar surface area (TPSA) is 73.2 Å². The molecule has 0 unspecified atom stereocenters. The Labute approximate surface area is 151 Å². The van der Waals surface area contributed by atoms with E-state index in [9.17, 15) is 9.59 Å². The Morgan fingerprint density at radius 2 is 1.92 bits per heavy atom. The fourth-order valence-electron chi connectivity index (χ4n) is 2.45. The third-order valence-electron chi connectivity index (χ3n) is 3.85. The fourth-order valence-corrected chi connectivity index (χ4v) is 2.45. The number of aryl methyl sites for hydroxylation is 1. The summed E-state index contributed by atoms with van der Waals surface area (Å²) in [5.41, 5.74) is 1.79. The summed E-state index contributed by atoms with van der Waals surface area (Å²) < 4.78 is 7.18. The number of rotatable bonds is 6. The first-order valence-corrected chi connectivity index (χ1v) is 8.18. The van der Waals surface area contributed by atoms with Crippen molar-refractivity contribution in [3.05, 3.63) is 94.2 Å². The highest BCUT2D eigenvalue weighted by Gasteiger charge is 2.12. The quantitative estimate of drug-likeness (QED) is 0.741. The number of benzene rings is 1. The minimum atomic E-state index is -0.330. The van der Waals surface area contributed by atoms with E-state index in [4.69, 9.17) is 4.74 Å². The van der Waals surface area contributed by atoms with Crippen LogP contribution in [-0.4, -0.2) is 15.5 Å². The lowest BCUT2D eigenvalue weighted by molar-refractivity contribution is 0.0941. The molecule has 0 fully saturated rings. The molecule has 0 aliphatic heterocycles. The molecular weight excluding hydrogens is 330 g/mol. The zero-order valence-electron chi connectivity index (χ0n) is 14.4. The number of pyridine rings is 2. The van der Waals surface area contributed by atoms with Gasteiger partial charge in [-0.2, -0.15) is 0 Å². The number of nitrogens with zero attached hydrogens (tertiary/aromatic N) is 2. The summed E-state index contributed by atoms with van der Waals surface area (Å²) in [5.74, 6) is -0.122. The molecule has 2 aromatic heterocycles. The largest absolute Gasteiger partial charge is 0.483 e. The van der Waals surface area contributed by atoms with Crippen molar-refractivity contribution in [2.24, 2.45) is 7.05 Å². The van der Waals surface area contributed by atoms with E-state index in [2.05, 4.69) is 10.3 Å². The van der Waals surface area contributed by atoms with Gasteiger partial charge in [0, 0.05) is 32.1 Å². The molecule has 3 aromatic rings. The van der Waals surface area contributed by atoms with E-state index in [1.807, 2.05) is 36.4 Å². The first-order valence-electron chi connectivity index (χ1n) is 8.18. The number of aromatic nitrogens is 2. The third kappa shape index (κ3) is 4.36. The van der Waals surface area contributed by atoms with Gasteiger partial charge in [0.2, 0.25) is 5.43 Å². The Balaban J connectivity index is 1.68. The van der Waals surface area contributed by atoms with Crippen LogP contribution < -0.4 is 15.5 Å². The number of ether oxygens (including phenoxy) is 1. The van der Waals surface area contributed by atoms with Crippen LogP contribution in [0, 0.1) is 0 Å². The number of nitrogens with one attached hydrogen (secondary N) is 1. The maximum absolute atomic E-state index is 12.3. The molecule has 0 saturated heterocycles. The zero-order valence-corrected chi connectivity index (χ0v) is 14.4. The summed E-state index contributed by atoms with van der Waals surface area (Å²) in [6.07, 6.45) is 4.88. The highest BCUT2D eigenvalue weighted by Crippen LogP contribution is 2.09. The average molecular weight is 349 g/mol. The summed E-state index contributed by atoms with van der Waals surface area (Å²) in [6, 6.07) is 14.5. The van der Waals surface area contributed by atoms with Gasteiger partial charge in [-0.25, -0.2) is 0 Å². The van der Waals surface area contributed by atoms with Gasteiger partial charge in [-0.05, 0) is 17.2 Å². The lowest BCUT2D eigenvalue weighted by Crippen LogP contribution is -2.27. The van der Waals surface area contributed by atoms with E-state index in [1.165, 1.54) is 12.3 Å². The lowest BCUT2D eigenvalue weighted by Gasteiger charge is -2.12. The van der Waals surface area contributed by atoms with Crippen LogP contribution in [0.25, 0.3) is 0 Å². The molecule has 1 N–H and O–H groups in total. The monoisotopic (exact) mass is 349 g/mol. The first kappa shape index (κ1) is 17.4. The number of hydrogen-bond acceptors (Lipinski definition) is 4. The van der Waals surface area contributed by atoms with Crippen molar-refractivity contribution in [3.63, 3.8) is 0 Å². The molecule has 0 aliphatic rings. The summed E-state index contributed by atoms with van der Waals surface area (Å²) in [5, 5.41) is 2.78. The molecule has 0 radical (unpaired) electrons. The Kier molecular flexibility index (Phi) is 5.43. The Hall–Kier alpha value is -3.41. The molecule has 1 amide bonds. The van der Waals surface area contributed by atoms with Crippen LogP contribution in [0.3, 0.4) is 0 Å². The van der Waals surface area contributed by atoms with Gasteiger partial charge in [0.05, 0.1) is 6.20 Å². The fraction of sp³-hybridized carbons (Fsp3) is 0.150. The maximum atomic E-state index is 12.3. The molecule has 0 aliphatic carbocycles. The van der Waals surface area contributed by atoms with Gasteiger partial charge in [0.1, 0.15) is 12.3 Å². The molecule has 6 heteroatoms. The smallest absolute Gasteiger partial charge is 0.268 e. The molecule has 0 atom stereocenters. The summed E-state index contributed by atoms with van der Waals surface area (Å²) in [6.45, 7) is 0.635. The van der Waals surface area contributed by atoms with Crippen LogP contribution >= 0.6 is 0 Å². The lowest BCUT2D eigenvalue weighted by atomic mass is 10.2. The zero-order chi connectivity index (χ0) is 18.4. The van der Waals surface area contributed by atoms with Crippen LogP contribution in [0.1, 0.15) is 21.6 Å². The van der Waals surface area contributed by atoms with Gasteiger partial charge in [0.25, 0.3) is 5.91 Å². The molecule has 0 bridgehead atoms. The van der Waals surface area contributed by atoms with Gasteiger partial charge in [-0.1, -0.05) is 36.4 Å². The Morgan fingerprint density at radius 3 is 2.65 bits per heavy atom. The maximum Gasteiger partial charge on any atom is 0.268 e. The number of amides is 1. The van der Waals surface area contributed by atoms with E-state index in [1.54, 1.807) is 30.1 Å². The van der Waals surface area contributed by atoms with Gasteiger partial charge >= 0.3 is 0 Å². The van der Waals surface area contributed by atoms with Crippen LogP contribution in [-0.2, 0) is 20.2 Å². The van der Waals surface area contributed by atoms with Crippen molar-refractivity contribution in [2.45, 2.75) is 13.2 Å². The van der Waals surface area contributed by atoms with Crippen LogP contribution in [0.5, 0.6) is 5.75 Å². The van der Waals surface area contributed by atoms with Gasteiger partial charge in [0.15, 0.2) is 5.75 Å². The van der Waals surface area contributed by atoms with E-state index >= 15 is 0 Å². The molecule has 132 valence electrons. The molecule has 1 aromatic carbocycles. The van der Waals surface area contributed by atoms with Crippen molar-refractivity contribution in [3.8, 4) is 5.75 Å². The predicted octanol–water partition coefficient (Wildman–Crippen LogP) is 2.29. The molecule has 0 saturated carbocycles. The molecule has 6 nitrogen and oxygen atoms in total. The Bertz CT molecular complexity index is 938. The average Bonchev–Trinajstić information content (AvgIpc) is 2.68. The van der Waals surface area contributed by atoms with Crippen molar-refractivity contribution < 1.29 is 9.53 Å². The minimum absolute atomic E-state index is 0.208. The summed E-state index contributed by atoms with van der Waals surface area (Å²) in [7, 11) is 1.70. The SMILES string of the molecule is Cn1cc(OCc2ccccc2)c(=O)cc1C(=O)NCc1cccnc1. The normalized spacial score (nSPS) is 10.3. The van der Waals surface area contributed by atoms with Crippen LogP contribution in [0.4, 0.5) is 0 Å². The van der Waals surface area contributed by atoms with E-state index in [-0.39, 0.29) is 22.8 Å². The molecule has 3 rings (SSSR count). The summed E-state index contributed by atoms with van der Waals surface area (Å²) in [4.78, 5) is 28.6. The van der Waals surface area contributed by atoms with Gasteiger partial charge in [-0.3, -0.25) is 14.6 Å². The van der Waals surface area contributed by atoms with E-state index in [0.29, 0.717) is 13.2 Å². The molecule has 26 heavy (non-hydrogen) atoms. The minimum Gasteiger partial charge on any atom is -0.483 e. The predicted molar refractivity (Wildman–Crippen MR) is 97.9 cm³/mol. The van der Waals surface area contributed by atoms with E-state index in [0.717, 1.165) is 11.1 Å². The highest BCUT2D eigenvalue weighted by atomic mass is 16.5. The third-order valence-corrected chi connectivity index (χ3v) is 3.85. The second-order valence-electron chi connectivity index (χ2n) is 5.82. The summed E-state index contributed by atoms with van der Waals surface area (Å²) >= 11 is 0.